The van der Waals surface area contributed by atoms with Crippen LogP contribution in [0.1, 0.15) is 0 Å². The van der Waals surface area contributed by atoms with Gasteiger partial charge in [0.25, 0.3) is 0 Å². The number of rotatable bonds is 3. The van der Waals surface area contributed by atoms with E-state index in [4.69, 9.17) is 28.8 Å². The van der Waals surface area contributed by atoms with E-state index in [2.05, 4.69) is 37.4 Å². The maximum absolute atomic E-state index is 7.32. The molecule has 2 unspecified atom stereocenters. The number of hydrogen-bond acceptors (Lipinski definition) is 7. The van der Waals surface area contributed by atoms with Gasteiger partial charge in [-0.2, -0.15) is 0 Å². The summed E-state index contributed by atoms with van der Waals surface area (Å²) in [6.07, 6.45) is 0. The third-order valence-electron chi connectivity index (χ3n) is 6.45. The summed E-state index contributed by atoms with van der Waals surface area (Å²) in [6.45, 7) is 14.2. The lowest BCUT2D eigenvalue weighted by molar-refractivity contribution is 0.120. The van der Waals surface area contributed by atoms with Gasteiger partial charge in [-0.25, -0.2) is 0 Å². The first-order valence-corrected chi connectivity index (χ1v) is 27.1. The molecule has 38 heavy (non-hydrogen) atoms. The third kappa shape index (κ3) is 5.76. The summed E-state index contributed by atoms with van der Waals surface area (Å²) in [5.41, 5.74) is 0. The lowest BCUT2D eigenvalue weighted by atomic mass is 10.4. The van der Waals surface area contributed by atoms with E-state index in [0.29, 0.717) is 0 Å². The van der Waals surface area contributed by atoms with Crippen LogP contribution in [0.15, 0.2) is 91.0 Å². The van der Waals surface area contributed by atoms with E-state index in [-0.39, 0.29) is 0 Å². The van der Waals surface area contributed by atoms with E-state index in [0.717, 1.165) is 15.6 Å². The van der Waals surface area contributed by atoms with Gasteiger partial charge < -0.3 is 28.8 Å². The predicted octanol–water partition coefficient (Wildman–Crippen LogP) is 3.91. The zero-order valence-corrected chi connectivity index (χ0v) is 29.0. The summed E-state index contributed by atoms with van der Waals surface area (Å²) >= 11 is 0. The predicted molar refractivity (Wildman–Crippen MR) is 161 cm³/mol. The van der Waals surface area contributed by atoms with Crippen molar-refractivity contribution in [3.05, 3.63) is 91.0 Å². The van der Waals surface area contributed by atoms with Crippen LogP contribution in [0.2, 0.25) is 45.8 Å². The molecule has 7 nitrogen and oxygen atoms in total. The second kappa shape index (κ2) is 9.95. The van der Waals surface area contributed by atoms with Crippen LogP contribution in [0.3, 0.4) is 0 Å². The Morgan fingerprint density at radius 1 is 0.368 bits per heavy atom. The standard InChI is InChI=1S/C25H36O7Si6/c1-33(2)26-35(5,23-17-11-8-12-18-23)30-38(25-21-15-10-16-22-25)31-36(6,24-19-13-9-14-20-24)27-34(3,4)29-37(7,28-33)32-38/h8-22H,1-7H3. The van der Waals surface area contributed by atoms with E-state index in [1.54, 1.807) is 0 Å². The molecule has 3 aromatic rings. The summed E-state index contributed by atoms with van der Waals surface area (Å²) in [6, 6.07) is 30.2. The molecule has 0 saturated carbocycles. The Morgan fingerprint density at radius 2 is 0.711 bits per heavy atom. The van der Waals surface area contributed by atoms with Gasteiger partial charge in [-0.1, -0.05) is 91.0 Å². The van der Waals surface area contributed by atoms with Crippen molar-refractivity contribution in [2.45, 2.75) is 45.8 Å². The second-order valence-corrected chi connectivity index (χ2v) is 30.6. The van der Waals surface area contributed by atoms with E-state index >= 15 is 0 Å². The Bertz CT molecular complexity index is 1200. The van der Waals surface area contributed by atoms with Gasteiger partial charge in [-0.3, -0.25) is 0 Å². The van der Waals surface area contributed by atoms with Gasteiger partial charge in [0.15, 0.2) is 0 Å². The molecule has 0 N–H and O–H groups in total. The second-order valence-electron chi connectivity index (χ2n) is 10.9. The zero-order chi connectivity index (χ0) is 27.3. The number of benzene rings is 3. The lowest BCUT2D eigenvalue weighted by Crippen LogP contribution is -2.81. The van der Waals surface area contributed by atoms with Crippen molar-refractivity contribution in [1.29, 1.82) is 0 Å². The first kappa shape index (κ1) is 28.2. The normalized spacial score (nSPS) is 34.8. The van der Waals surface area contributed by atoms with Crippen molar-refractivity contribution in [1.82, 2.24) is 0 Å². The molecule has 5 rings (SSSR count). The molecular weight excluding hydrogens is 581 g/mol. The summed E-state index contributed by atoms with van der Waals surface area (Å²) in [5.74, 6) is 0. The minimum atomic E-state index is -3.78. The third-order valence-corrected chi connectivity index (χ3v) is 32.0. The van der Waals surface area contributed by atoms with Crippen molar-refractivity contribution < 1.29 is 28.8 Å². The highest BCUT2D eigenvalue weighted by molar-refractivity contribution is 7.04. The molecule has 2 aliphatic heterocycles. The highest BCUT2D eigenvalue weighted by atomic mass is 28.6. The molecule has 13 heteroatoms. The van der Waals surface area contributed by atoms with Crippen molar-refractivity contribution in [2.75, 3.05) is 0 Å². The average Bonchev–Trinajstić information content (AvgIpc) is 2.82. The van der Waals surface area contributed by atoms with E-state index in [1.165, 1.54) is 0 Å². The van der Waals surface area contributed by atoms with Crippen LogP contribution in [0.5, 0.6) is 0 Å². The molecule has 0 radical (unpaired) electrons. The highest BCUT2D eigenvalue weighted by Gasteiger charge is 2.67. The monoisotopic (exact) mass is 616 g/mol. The Hall–Kier alpha value is -1.32. The van der Waals surface area contributed by atoms with Crippen LogP contribution in [0.25, 0.3) is 0 Å². The van der Waals surface area contributed by atoms with Crippen LogP contribution in [-0.2, 0) is 28.8 Å². The molecule has 0 aromatic heterocycles. The molecule has 2 bridgehead atoms. The Kier molecular flexibility index (Phi) is 7.39. The molecule has 202 valence electrons. The number of fused-ring (bicyclic) bond motifs is 2. The summed E-state index contributed by atoms with van der Waals surface area (Å²) in [7, 11) is -19.0. The topological polar surface area (TPSA) is 64.6 Å². The van der Waals surface area contributed by atoms with Crippen LogP contribution < -0.4 is 15.6 Å². The Morgan fingerprint density at radius 3 is 1.08 bits per heavy atom. The summed E-state index contributed by atoms with van der Waals surface area (Å²) in [5, 5.41) is 2.82. The van der Waals surface area contributed by atoms with Gasteiger partial charge in [0, 0.05) is 11.7 Å². The summed E-state index contributed by atoms with van der Waals surface area (Å²) in [4.78, 5) is 0. The average molecular weight is 617 g/mol. The van der Waals surface area contributed by atoms with Crippen LogP contribution in [-0.4, -0.2) is 51.9 Å². The molecule has 0 amide bonds. The fourth-order valence-corrected chi connectivity index (χ4v) is 36.9. The minimum absolute atomic E-state index is 0.838. The molecule has 0 aliphatic carbocycles. The molecule has 2 saturated heterocycles. The lowest BCUT2D eigenvalue weighted by Gasteiger charge is -2.53. The molecule has 3 aromatic carbocycles. The van der Waals surface area contributed by atoms with Crippen molar-refractivity contribution in [2.24, 2.45) is 0 Å². The summed E-state index contributed by atoms with van der Waals surface area (Å²) < 4.78 is 49.5. The van der Waals surface area contributed by atoms with Gasteiger partial charge in [-0.05, 0) is 49.7 Å². The van der Waals surface area contributed by atoms with Gasteiger partial charge in [0.05, 0.1) is 0 Å². The molecule has 2 aliphatic rings. The highest BCUT2D eigenvalue weighted by Crippen LogP contribution is 2.37. The van der Waals surface area contributed by atoms with E-state index in [9.17, 15) is 0 Å². The maximum Gasteiger partial charge on any atom is 0.512 e. The van der Waals surface area contributed by atoms with Gasteiger partial charge in [0.1, 0.15) is 0 Å². The van der Waals surface area contributed by atoms with Crippen molar-refractivity contribution in [3.8, 4) is 0 Å². The molecule has 2 fully saturated rings. The molecular formula is C25H36O7Si6. The van der Waals surface area contributed by atoms with Gasteiger partial charge in [-0.15, -0.1) is 0 Å². The first-order chi connectivity index (χ1) is 17.8. The van der Waals surface area contributed by atoms with E-state index < -0.39 is 51.9 Å². The molecule has 0 spiro atoms. The van der Waals surface area contributed by atoms with Crippen molar-refractivity contribution >= 4 is 67.4 Å². The van der Waals surface area contributed by atoms with Gasteiger partial charge >= 0.3 is 51.9 Å². The Balaban J connectivity index is 1.76. The first-order valence-electron chi connectivity index (χ1n) is 12.8. The SMILES string of the molecule is C[Si]1(C)O[Si]2(C)O[Si](C)(C)O[Si](C)(c3ccccc3)O[Si](c3ccccc3)(O2)O[Si](C)(c2ccccc2)O1. The fourth-order valence-electron chi connectivity index (χ4n) is 5.33. The molecule has 2 atom stereocenters. The van der Waals surface area contributed by atoms with Crippen molar-refractivity contribution in [3.63, 3.8) is 0 Å². The van der Waals surface area contributed by atoms with Gasteiger partial charge in [0.2, 0.25) is 0 Å². The largest absolute Gasteiger partial charge is 0.512 e. The maximum atomic E-state index is 7.32. The van der Waals surface area contributed by atoms with Crippen LogP contribution >= 0.6 is 0 Å². The van der Waals surface area contributed by atoms with Crippen LogP contribution in [0.4, 0.5) is 0 Å². The number of hydrogen-bond donors (Lipinski definition) is 0. The zero-order valence-electron chi connectivity index (χ0n) is 23.0. The quantitative estimate of drug-likeness (QED) is 0.414. The smallest absolute Gasteiger partial charge is 0.412 e. The Labute approximate surface area is 232 Å². The minimum Gasteiger partial charge on any atom is -0.412 e. The molecule has 2 heterocycles. The van der Waals surface area contributed by atoms with E-state index in [1.807, 2.05) is 99.5 Å². The van der Waals surface area contributed by atoms with Crippen LogP contribution in [0, 0.1) is 0 Å². The fraction of sp³-hybridized carbons (Fsp3) is 0.280.